The maximum absolute atomic E-state index is 12.8. The van der Waals surface area contributed by atoms with Gasteiger partial charge in [-0.1, -0.05) is 19.3 Å². The van der Waals surface area contributed by atoms with Gasteiger partial charge in [-0.15, -0.1) is 0 Å². The number of aromatic nitrogens is 2. The van der Waals surface area contributed by atoms with Crippen molar-refractivity contribution in [3.05, 3.63) is 66.1 Å². The zero-order valence-corrected chi connectivity index (χ0v) is 18.4. The van der Waals surface area contributed by atoms with Gasteiger partial charge in [0, 0.05) is 29.4 Å². The summed E-state index contributed by atoms with van der Waals surface area (Å²) >= 11 is 0. The molecule has 1 aliphatic carbocycles. The highest BCUT2D eigenvalue weighted by molar-refractivity contribution is 6.39. The molecule has 0 radical (unpaired) electrons. The molecule has 0 bridgehead atoms. The Hall–Kier alpha value is -3.88. The van der Waals surface area contributed by atoms with Gasteiger partial charge in [-0.3, -0.25) is 9.59 Å². The first-order chi connectivity index (χ1) is 16.0. The van der Waals surface area contributed by atoms with Crippen LogP contribution in [0.5, 0.6) is 5.75 Å². The summed E-state index contributed by atoms with van der Waals surface area (Å²) in [7, 11) is 1.51. The molecular weight excluding hydrogens is 424 g/mol. The molecule has 2 heterocycles. The Morgan fingerprint density at radius 3 is 2.58 bits per heavy atom. The van der Waals surface area contributed by atoms with Gasteiger partial charge in [0.05, 0.1) is 18.9 Å². The Morgan fingerprint density at radius 1 is 1.15 bits per heavy atom. The maximum Gasteiger partial charge on any atom is 0.313 e. The largest absolute Gasteiger partial charge is 0.619 e. The topological polar surface area (TPSA) is 120 Å². The van der Waals surface area contributed by atoms with Gasteiger partial charge in [-0.2, -0.15) is 4.73 Å². The second kappa shape index (κ2) is 9.72. The van der Waals surface area contributed by atoms with Crippen molar-refractivity contribution in [2.75, 3.05) is 12.4 Å². The summed E-state index contributed by atoms with van der Waals surface area (Å²) in [6.07, 6.45) is 10.9. The summed E-state index contributed by atoms with van der Waals surface area (Å²) in [6.45, 7) is 0. The molecule has 0 spiro atoms. The molecule has 0 atom stereocenters. The second-order valence-corrected chi connectivity index (χ2v) is 8.27. The first-order valence-electron chi connectivity index (χ1n) is 10.9. The maximum atomic E-state index is 12.8. The van der Waals surface area contributed by atoms with Gasteiger partial charge in [-0.25, -0.2) is 4.98 Å². The van der Waals surface area contributed by atoms with Crippen LogP contribution in [0.2, 0.25) is 0 Å². The van der Waals surface area contributed by atoms with Gasteiger partial charge in [0.15, 0.2) is 24.5 Å². The summed E-state index contributed by atoms with van der Waals surface area (Å²) in [5.74, 6) is -0.427. The number of amides is 2. The van der Waals surface area contributed by atoms with E-state index >= 15 is 0 Å². The van der Waals surface area contributed by atoms with Crippen molar-refractivity contribution >= 4 is 17.5 Å². The van der Waals surface area contributed by atoms with Gasteiger partial charge in [0.1, 0.15) is 5.75 Å². The summed E-state index contributed by atoms with van der Waals surface area (Å²) in [4.78, 5) is 29.4. The Balaban J connectivity index is 1.46. The molecule has 1 aliphatic rings. The molecular formula is C24H26N4O5. The monoisotopic (exact) mass is 450 g/mol. The van der Waals surface area contributed by atoms with Crippen LogP contribution in [-0.2, 0) is 16.0 Å². The minimum atomic E-state index is -0.750. The van der Waals surface area contributed by atoms with Crippen molar-refractivity contribution in [2.45, 2.75) is 44.1 Å². The molecule has 1 fully saturated rings. The van der Waals surface area contributed by atoms with E-state index in [9.17, 15) is 14.8 Å². The van der Waals surface area contributed by atoms with E-state index in [0.29, 0.717) is 29.2 Å². The molecule has 33 heavy (non-hydrogen) atoms. The molecule has 9 nitrogen and oxygen atoms in total. The number of hydrogen-bond donors (Lipinski definition) is 2. The number of anilines is 1. The Morgan fingerprint density at radius 2 is 1.91 bits per heavy atom. The van der Waals surface area contributed by atoms with Gasteiger partial charge >= 0.3 is 11.8 Å². The zero-order chi connectivity index (χ0) is 23.3. The smallest absolute Gasteiger partial charge is 0.313 e. The van der Waals surface area contributed by atoms with E-state index in [-0.39, 0.29) is 0 Å². The third-order valence-electron chi connectivity index (χ3n) is 5.97. The molecule has 2 aromatic heterocycles. The number of nitrogens with zero attached hydrogens (tertiary/aromatic N) is 2. The SMILES string of the molecule is COc1cc(NC(=O)C(=O)NC2(Cc3cc[n+]([O-])cc3)CCCCC2)ccc1-c1cnco1. The molecule has 3 aromatic rings. The highest BCUT2D eigenvalue weighted by Crippen LogP contribution is 2.33. The number of carbonyl (C=O) groups is 2. The lowest BCUT2D eigenvalue weighted by Gasteiger charge is -2.38. The predicted molar refractivity (Wildman–Crippen MR) is 120 cm³/mol. The number of benzene rings is 1. The first-order valence-corrected chi connectivity index (χ1v) is 10.9. The standard InChI is InChI=1S/C24H26N4O5/c1-32-20-13-18(5-6-19(20)21-15-25-16-33-21)26-22(29)23(30)27-24(9-3-2-4-10-24)14-17-7-11-28(31)12-8-17/h5-8,11-13,15-16H,2-4,9-10,14H2,1H3,(H,26,29)(H,27,30). The molecule has 0 aliphatic heterocycles. The van der Waals surface area contributed by atoms with Gasteiger partial charge in [-0.05, 0) is 37.0 Å². The third kappa shape index (κ3) is 5.31. The minimum absolute atomic E-state index is 0.427. The minimum Gasteiger partial charge on any atom is -0.619 e. The molecule has 9 heteroatoms. The van der Waals surface area contributed by atoms with Crippen LogP contribution in [0.4, 0.5) is 5.69 Å². The predicted octanol–water partition coefficient (Wildman–Crippen LogP) is 2.98. The van der Waals surface area contributed by atoms with Crippen LogP contribution in [0.15, 0.2) is 59.7 Å². The van der Waals surface area contributed by atoms with E-state index in [2.05, 4.69) is 15.6 Å². The normalized spacial score (nSPS) is 14.9. The Labute approximate surface area is 191 Å². The van der Waals surface area contributed by atoms with Crippen LogP contribution in [0.3, 0.4) is 0 Å². The molecule has 2 N–H and O–H groups in total. The molecule has 1 saturated carbocycles. The number of methoxy groups -OCH3 is 1. The van der Waals surface area contributed by atoms with Gasteiger partial charge < -0.3 is 25.0 Å². The van der Waals surface area contributed by atoms with Crippen molar-refractivity contribution in [1.29, 1.82) is 0 Å². The number of ether oxygens (including phenoxy) is 1. The summed E-state index contributed by atoms with van der Waals surface area (Å²) in [6, 6.07) is 8.52. The van der Waals surface area contributed by atoms with Crippen molar-refractivity contribution < 1.29 is 23.5 Å². The molecule has 2 amide bonds. The van der Waals surface area contributed by atoms with Crippen LogP contribution in [0.25, 0.3) is 11.3 Å². The highest BCUT2D eigenvalue weighted by atomic mass is 16.5. The average molecular weight is 450 g/mol. The van der Waals surface area contributed by atoms with Crippen LogP contribution < -0.4 is 20.1 Å². The first kappa shape index (κ1) is 22.3. The Kier molecular flexibility index (Phi) is 6.58. The fourth-order valence-electron chi connectivity index (χ4n) is 4.33. The summed E-state index contributed by atoms with van der Waals surface area (Å²) in [5, 5.41) is 17.0. The molecule has 1 aromatic carbocycles. The van der Waals surface area contributed by atoms with E-state index in [0.717, 1.165) is 42.4 Å². The quantitative estimate of drug-likeness (QED) is 0.338. The van der Waals surface area contributed by atoms with Crippen molar-refractivity contribution in [3.63, 3.8) is 0 Å². The average Bonchev–Trinajstić information content (AvgIpc) is 3.36. The lowest BCUT2D eigenvalue weighted by molar-refractivity contribution is -0.605. The number of hydrogen-bond acceptors (Lipinski definition) is 6. The molecule has 0 unspecified atom stereocenters. The molecule has 0 saturated heterocycles. The Bertz CT molecular complexity index is 1110. The molecule has 4 rings (SSSR count). The fraction of sp³-hybridized carbons (Fsp3) is 0.333. The van der Waals surface area contributed by atoms with E-state index in [4.69, 9.17) is 9.15 Å². The summed E-state index contributed by atoms with van der Waals surface area (Å²) < 4.78 is 11.4. The number of nitrogens with one attached hydrogen (secondary N) is 2. The van der Waals surface area contributed by atoms with Crippen LogP contribution in [0, 0.1) is 5.21 Å². The van der Waals surface area contributed by atoms with Crippen molar-refractivity contribution in [1.82, 2.24) is 10.3 Å². The van der Waals surface area contributed by atoms with Crippen LogP contribution >= 0.6 is 0 Å². The van der Waals surface area contributed by atoms with Crippen LogP contribution in [-0.4, -0.2) is 29.4 Å². The van der Waals surface area contributed by atoms with Crippen molar-refractivity contribution in [2.24, 2.45) is 0 Å². The van der Waals surface area contributed by atoms with Crippen LogP contribution in [0.1, 0.15) is 37.7 Å². The highest BCUT2D eigenvalue weighted by Gasteiger charge is 2.35. The zero-order valence-electron chi connectivity index (χ0n) is 18.4. The van der Waals surface area contributed by atoms with E-state index in [1.165, 1.54) is 25.9 Å². The summed E-state index contributed by atoms with van der Waals surface area (Å²) in [5.41, 5.74) is 1.53. The number of carbonyl (C=O) groups excluding carboxylic acids is 2. The number of oxazole rings is 1. The van der Waals surface area contributed by atoms with Crippen molar-refractivity contribution in [3.8, 4) is 17.1 Å². The van der Waals surface area contributed by atoms with Gasteiger partial charge in [0.2, 0.25) is 0 Å². The number of pyridine rings is 1. The fourth-order valence-corrected chi connectivity index (χ4v) is 4.33. The second-order valence-electron chi connectivity index (χ2n) is 8.27. The van der Waals surface area contributed by atoms with E-state index < -0.39 is 17.4 Å². The lowest BCUT2D eigenvalue weighted by atomic mass is 9.77. The third-order valence-corrected chi connectivity index (χ3v) is 5.97. The van der Waals surface area contributed by atoms with E-state index in [1.54, 1.807) is 36.5 Å². The van der Waals surface area contributed by atoms with Gasteiger partial charge in [0.25, 0.3) is 0 Å². The number of rotatable bonds is 6. The van der Waals surface area contributed by atoms with E-state index in [1.807, 2.05) is 0 Å². The molecule has 172 valence electrons. The lowest BCUT2D eigenvalue weighted by Crippen LogP contribution is -2.54.